The molecule has 0 bridgehead atoms. The van der Waals surface area contributed by atoms with Crippen LogP contribution in [0.5, 0.6) is 5.88 Å². The number of hydrogen-bond donors (Lipinski definition) is 0. The zero-order valence-corrected chi connectivity index (χ0v) is 18.3. The molecule has 1 aliphatic heterocycles. The number of fused-ring (bicyclic) bond motifs is 1. The van der Waals surface area contributed by atoms with Gasteiger partial charge in [0.15, 0.2) is 6.61 Å². The van der Waals surface area contributed by atoms with Crippen molar-refractivity contribution in [2.24, 2.45) is 0 Å². The second-order valence-corrected chi connectivity index (χ2v) is 8.78. The summed E-state index contributed by atoms with van der Waals surface area (Å²) in [5.74, 6) is 1.20. The molecular weight excluding hydrogens is 414 g/mol. The highest BCUT2D eigenvalue weighted by atomic mass is 32.2. The summed E-state index contributed by atoms with van der Waals surface area (Å²) in [7, 11) is 0. The van der Waals surface area contributed by atoms with Gasteiger partial charge in [0.1, 0.15) is 0 Å². The maximum absolute atomic E-state index is 12.3. The Kier molecular flexibility index (Phi) is 7.20. The van der Waals surface area contributed by atoms with Gasteiger partial charge in [0, 0.05) is 42.0 Å². The van der Waals surface area contributed by atoms with Gasteiger partial charge in [0.05, 0.1) is 0 Å². The van der Waals surface area contributed by atoms with Crippen LogP contribution in [0.3, 0.4) is 0 Å². The van der Waals surface area contributed by atoms with E-state index in [-0.39, 0.29) is 11.9 Å². The summed E-state index contributed by atoms with van der Waals surface area (Å²) in [5, 5.41) is 0. The third kappa shape index (κ3) is 5.83. The normalized spacial score (nSPS) is 15.0. The van der Waals surface area contributed by atoms with Gasteiger partial charge in [-0.05, 0) is 47.7 Å². The van der Waals surface area contributed by atoms with E-state index in [2.05, 4.69) is 59.3 Å². The highest BCUT2D eigenvalue weighted by molar-refractivity contribution is 7.98. The highest BCUT2D eigenvalue weighted by Gasteiger charge is 2.22. The molecule has 31 heavy (non-hydrogen) atoms. The number of ether oxygens (including phenoxy) is 1. The fraction of sp³-hybridized carbons (Fsp3) is 0.320. The largest absolute Gasteiger partial charge is 0.472 e. The molecule has 4 rings (SSSR count). The molecule has 1 aromatic heterocycles. The minimum absolute atomic E-state index is 0.186. The number of thioether (sulfide) groups is 1. The predicted octanol–water partition coefficient (Wildman–Crippen LogP) is 6.14. The molecule has 6 heteroatoms. The van der Waals surface area contributed by atoms with E-state index < -0.39 is 13.0 Å². The Morgan fingerprint density at radius 1 is 1.06 bits per heavy atom. The zero-order chi connectivity index (χ0) is 21.6. The fourth-order valence-electron chi connectivity index (χ4n) is 3.80. The van der Waals surface area contributed by atoms with Gasteiger partial charge in [0.2, 0.25) is 5.88 Å². The number of benzene rings is 2. The molecule has 3 nitrogen and oxygen atoms in total. The molecule has 1 aliphatic rings. The molecular formula is C25H26F2N2OS. The van der Waals surface area contributed by atoms with Crippen LogP contribution < -0.4 is 4.74 Å². The summed E-state index contributed by atoms with van der Waals surface area (Å²) in [6.45, 7) is 3.40. The minimum atomic E-state index is -2.50. The number of rotatable bonds is 8. The topological polar surface area (TPSA) is 25.4 Å². The molecule has 0 radical (unpaired) electrons. The van der Waals surface area contributed by atoms with Crippen LogP contribution in [0.4, 0.5) is 8.78 Å². The Morgan fingerprint density at radius 2 is 1.90 bits per heavy atom. The van der Waals surface area contributed by atoms with Gasteiger partial charge in [-0.25, -0.2) is 13.8 Å². The molecule has 3 aromatic rings. The van der Waals surface area contributed by atoms with Gasteiger partial charge in [-0.3, -0.25) is 4.90 Å². The fourth-order valence-corrected chi connectivity index (χ4v) is 4.72. The number of pyridine rings is 1. The van der Waals surface area contributed by atoms with E-state index >= 15 is 0 Å². The first-order valence-electron chi connectivity index (χ1n) is 10.5. The van der Waals surface area contributed by atoms with Crippen LogP contribution in [-0.4, -0.2) is 29.5 Å². The molecule has 0 amide bonds. The van der Waals surface area contributed by atoms with E-state index in [0.717, 1.165) is 30.8 Å². The number of alkyl halides is 2. The van der Waals surface area contributed by atoms with E-state index in [1.165, 1.54) is 21.6 Å². The van der Waals surface area contributed by atoms with Crippen molar-refractivity contribution >= 4 is 11.8 Å². The maximum Gasteiger partial charge on any atom is 0.272 e. The summed E-state index contributed by atoms with van der Waals surface area (Å²) >= 11 is 1.86. The number of hydrogen-bond acceptors (Lipinski definition) is 4. The van der Waals surface area contributed by atoms with E-state index in [1.807, 2.05) is 23.9 Å². The van der Waals surface area contributed by atoms with E-state index in [1.54, 1.807) is 12.3 Å². The van der Waals surface area contributed by atoms with Crippen molar-refractivity contribution < 1.29 is 13.5 Å². The van der Waals surface area contributed by atoms with Gasteiger partial charge in [0.25, 0.3) is 6.43 Å². The molecule has 0 saturated carbocycles. The second-order valence-electron chi connectivity index (χ2n) is 7.73. The second kappa shape index (κ2) is 10.2. The number of nitrogens with zero attached hydrogens (tertiary/aromatic N) is 2. The lowest BCUT2D eigenvalue weighted by Crippen LogP contribution is -2.33. The molecule has 0 fully saturated rings. The van der Waals surface area contributed by atoms with Crippen LogP contribution in [0.15, 0.2) is 71.8 Å². The first-order chi connectivity index (χ1) is 15.1. The maximum atomic E-state index is 12.3. The Labute approximate surface area is 186 Å². The van der Waals surface area contributed by atoms with Gasteiger partial charge in [-0.2, -0.15) is 0 Å². The van der Waals surface area contributed by atoms with Crippen molar-refractivity contribution in [2.75, 3.05) is 13.2 Å². The first-order valence-corrected chi connectivity index (χ1v) is 11.5. The van der Waals surface area contributed by atoms with E-state index in [4.69, 9.17) is 4.74 Å². The van der Waals surface area contributed by atoms with E-state index in [0.29, 0.717) is 0 Å². The summed E-state index contributed by atoms with van der Waals surface area (Å²) in [6, 6.07) is 21.1. The Morgan fingerprint density at radius 3 is 2.65 bits per heavy atom. The van der Waals surface area contributed by atoms with Crippen molar-refractivity contribution in [1.82, 2.24) is 9.88 Å². The van der Waals surface area contributed by atoms with Gasteiger partial charge >= 0.3 is 0 Å². The van der Waals surface area contributed by atoms with Crippen LogP contribution in [0.25, 0.3) is 0 Å². The molecule has 2 aromatic carbocycles. The molecule has 0 aliphatic carbocycles. The summed E-state index contributed by atoms with van der Waals surface area (Å²) in [5.41, 5.74) is 5.18. The highest BCUT2D eigenvalue weighted by Crippen LogP contribution is 2.31. The minimum Gasteiger partial charge on any atom is -0.472 e. The van der Waals surface area contributed by atoms with Crippen molar-refractivity contribution in [3.63, 3.8) is 0 Å². The molecule has 162 valence electrons. The molecule has 0 N–H and O–H groups in total. The molecule has 1 unspecified atom stereocenters. The lowest BCUT2D eigenvalue weighted by atomic mass is 9.97. The van der Waals surface area contributed by atoms with Crippen LogP contribution in [0.2, 0.25) is 0 Å². The van der Waals surface area contributed by atoms with Crippen molar-refractivity contribution in [3.05, 3.63) is 89.1 Å². The van der Waals surface area contributed by atoms with Crippen LogP contribution in [-0.2, 0) is 18.7 Å². The van der Waals surface area contributed by atoms with E-state index in [9.17, 15) is 8.78 Å². The number of aromatic nitrogens is 1. The average Bonchev–Trinajstić information content (AvgIpc) is 2.81. The van der Waals surface area contributed by atoms with Crippen LogP contribution in [0, 0.1) is 0 Å². The van der Waals surface area contributed by atoms with Gasteiger partial charge < -0.3 is 4.74 Å². The van der Waals surface area contributed by atoms with Crippen molar-refractivity contribution in [1.29, 1.82) is 0 Å². The Bertz CT molecular complexity index is 983. The summed E-state index contributed by atoms with van der Waals surface area (Å²) in [6.07, 6.45) is 0.254. The Balaban J connectivity index is 1.39. The van der Waals surface area contributed by atoms with Gasteiger partial charge in [-0.1, -0.05) is 42.5 Å². The predicted molar refractivity (Wildman–Crippen MR) is 121 cm³/mol. The quantitative estimate of drug-likeness (QED) is 0.393. The van der Waals surface area contributed by atoms with Crippen molar-refractivity contribution in [3.8, 4) is 5.88 Å². The molecule has 0 spiro atoms. The molecule has 1 atom stereocenters. The molecule has 2 heterocycles. The zero-order valence-electron chi connectivity index (χ0n) is 17.5. The lowest BCUT2D eigenvalue weighted by Gasteiger charge is -2.34. The monoisotopic (exact) mass is 440 g/mol. The standard InChI is InChI=1S/C25H26F2N2OS/c1-18(21-8-10-25(28-14-21)30-16-24(26)27)29-12-11-20-7-9-23(13-22(20)15-29)31-17-19-5-3-2-4-6-19/h2-10,13-14,18,24H,11-12,15-17H2,1H3. The van der Waals surface area contributed by atoms with Gasteiger partial charge in [-0.15, -0.1) is 11.8 Å². The molecule has 0 saturated heterocycles. The lowest BCUT2D eigenvalue weighted by molar-refractivity contribution is 0.0795. The summed E-state index contributed by atoms with van der Waals surface area (Å²) < 4.78 is 29.6. The van der Waals surface area contributed by atoms with Crippen molar-refractivity contribution in [2.45, 2.75) is 43.0 Å². The third-order valence-electron chi connectivity index (χ3n) is 5.61. The summed E-state index contributed by atoms with van der Waals surface area (Å²) in [4.78, 5) is 7.92. The first kappa shape index (κ1) is 21.8. The Hall–Kier alpha value is -2.44. The SMILES string of the molecule is CC(c1ccc(OCC(F)F)nc1)N1CCc2ccc(SCc3ccccc3)cc2C1. The smallest absolute Gasteiger partial charge is 0.272 e. The van der Waals surface area contributed by atoms with Crippen LogP contribution in [0.1, 0.15) is 35.2 Å². The third-order valence-corrected chi connectivity index (χ3v) is 6.68. The van der Waals surface area contributed by atoms with Crippen LogP contribution >= 0.6 is 11.8 Å². The number of halogens is 2. The average molecular weight is 441 g/mol.